The van der Waals surface area contributed by atoms with Gasteiger partial charge in [-0.25, -0.2) is 0 Å². The van der Waals surface area contributed by atoms with Crippen LogP contribution in [0.2, 0.25) is 0 Å². The number of hydrogen-bond acceptors (Lipinski definition) is 3. The Hall–Kier alpha value is -3.08. The summed E-state index contributed by atoms with van der Waals surface area (Å²) in [5.74, 6) is -0.732. The van der Waals surface area contributed by atoms with Gasteiger partial charge in [-0.05, 0) is 42.3 Å². The van der Waals surface area contributed by atoms with Crippen LogP contribution in [0.25, 0.3) is 0 Å². The highest BCUT2D eigenvalue weighted by Crippen LogP contribution is 2.38. The molecule has 4 rings (SSSR count). The van der Waals surface area contributed by atoms with E-state index in [-0.39, 0.29) is 48.4 Å². The molecule has 0 bridgehead atoms. The number of hydrogen-bond donors (Lipinski definition) is 1. The number of amides is 2. The second-order valence-electron chi connectivity index (χ2n) is 9.21. The molecule has 0 saturated carbocycles. The molecule has 11 heteroatoms. The first-order valence-electron chi connectivity index (χ1n) is 11.4. The molecule has 2 fully saturated rings. The van der Waals surface area contributed by atoms with Crippen molar-refractivity contribution in [1.82, 2.24) is 10.2 Å². The van der Waals surface area contributed by atoms with Crippen molar-refractivity contribution < 1.29 is 40.7 Å². The molecule has 2 saturated heterocycles. The van der Waals surface area contributed by atoms with Gasteiger partial charge in [0.05, 0.1) is 23.8 Å². The van der Waals surface area contributed by atoms with Gasteiger partial charge in [0.2, 0.25) is 5.91 Å². The summed E-state index contributed by atoms with van der Waals surface area (Å²) in [4.78, 5) is 26.9. The lowest BCUT2D eigenvalue weighted by Gasteiger charge is -2.36. The monoisotopic (exact) mass is 514 g/mol. The van der Waals surface area contributed by atoms with Crippen molar-refractivity contribution >= 4 is 11.8 Å². The maximum Gasteiger partial charge on any atom is 0.416 e. The van der Waals surface area contributed by atoms with Crippen LogP contribution in [0.1, 0.15) is 46.8 Å². The quantitative estimate of drug-likeness (QED) is 0.569. The fourth-order valence-corrected chi connectivity index (χ4v) is 4.84. The number of nitrogens with one attached hydrogen (secondary N) is 1. The minimum Gasteiger partial charge on any atom is -0.371 e. The van der Waals surface area contributed by atoms with Crippen molar-refractivity contribution in [3.05, 3.63) is 70.8 Å². The molecule has 0 spiro atoms. The Bertz CT molecular complexity index is 1090. The number of halogens is 6. The van der Waals surface area contributed by atoms with Gasteiger partial charge in [-0.15, -0.1) is 0 Å². The zero-order valence-corrected chi connectivity index (χ0v) is 19.2. The Labute approximate surface area is 203 Å². The maximum atomic E-state index is 13.1. The van der Waals surface area contributed by atoms with E-state index < -0.39 is 42.2 Å². The summed E-state index contributed by atoms with van der Waals surface area (Å²) in [6, 6.07) is 9.24. The lowest BCUT2D eigenvalue weighted by atomic mass is 9.90. The third-order valence-corrected chi connectivity index (χ3v) is 6.72. The van der Waals surface area contributed by atoms with Crippen LogP contribution in [0.15, 0.2) is 48.5 Å². The van der Waals surface area contributed by atoms with Gasteiger partial charge >= 0.3 is 12.4 Å². The third-order valence-electron chi connectivity index (χ3n) is 6.72. The molecule has 2 aliphatic rings. The molecule has 1 N–H and O–H groups in total. The molecule has 2 aromatic rings. The SMILES string of the molecule is CC1C(OCc2cc(C(F)(F)F)cc(C(F)(F)F)c2)CN2C(=O)CC(NC(=O)c3ccccc3)CC12. The summed E-state index contributed by atoms with van der Waals surface area (Å²) in [5.41, 5.74) is -2.60. The number of rotatable bonds is 5. The smallest absolute Gasteiger partial charge is 0.371 e. The molecule has 2 amide bonds. The van der Waals surface area contributed by atoms with Crippen LogP contribution in [-0.4, -0.2) is 41.4 Å². The number of ether oxygens (including phenoxy) is 1. The summed E-state index contributed by atoms with van der Waals surface area (Å²) in [7, 11) is 0. The van der Waals surface area contributed by atoms with Crippen molar-refractivity contribution in [2.24, 2.45) is 5.92 Å². The number of alkyl halides is 6. The van der Waals surface area contributed by atoms with Gasteiger partial charge in [-0.2, -0.15) is 26.3 Å². The molecule has 4 unspecified atom stereocenters. The molecular formula is C25H24F6N2O3. The number of benzene rings is 2. The minimum atomic E-state index is -4.94. The lowest BCUT2D eigenvalue weighted by Crippen LogP contribution is -2.51. The van der Waals surface area contributed by atoms with E-state index in [1.54, 1.807) is 35.2 Å². The number of carbonyl (C=O) groups is 2. The number of nitrogens with zero attached hydrogens (tertiary/aromatic N) is 1. The predicted molar refractivity (Wildman–Crippen MR) is 117 cm³/mol. The van der Waals surface area contributed by atoms with Crippen molar-refractivity contribution in [2.75, 3.05) is 6.54 Å². The van der Waals surface area contributed by atoms with Crippen molar-refractivity contribution in [3.8, 4) is 0 Å². The second kappa shape index (κ2) is 9.76. The zero-order chi connectivity index (χ0) is 26.3. The average Bonchev–Trinajstić information content (AvgIpc) is 3.13. The van der Waals surface area contributed by atoms with Gasteiger partial charge in [0.1, 0.15) is 0 Å². The summed E-state index contributed by atoms with van der Waals surface area (Å²) >= 11 is 0. The van der Waals surface area contributed by atoms with E-state index in [1.165, 1.54) is 0 Å². The Morgan fingerprint density at radius 3 is 2.22 bits per heavy atom. The van der Waals surface area contributed by atoms with Gasteiger partial charge in [0.15, 0.2) is 0 Å². The van der Waals surface area contributed by atoms with Crippen LogP contribution in [0.4, 0.5) is 26.3 Å². The number of carbonyl (C=O) groups excluding carboxylic acids is 2. The van der Waals surface area contributed by atoms with Crippen LogP contribution >= 0.6 is 0 Å². The highest BCUT2D eigenvalue weighted by atomic mass is 19.4. The van der Waals surface area contributed by atoms with E-state index in [0.29, 0.717) is 24.1 Å². The van der Waals surface area contributed by atoms with E-state index in [9.17, 15) is 35.9 Å². The molecular weight excluding hydrogens is 490 g/mol. The van der Waals surface area contributed by atoms with E-state index in [2.05, 4.69) is 5.32 Å². The van der Waals surface area contributed by atoms with Crippen molar-refractivity contribution in [1.29, 1.82) is 0 Å². The molecule has 0 aliphatic carbocycles. The Kier molecular flexibility index (Phi) is 7.05. The van der Waals surface area contributed by atoms with Gasteiger partial charge in [0, 0.05) is 36.5 Å². The third kappa shape index (κ3) is 5.66. The normalized spacial score (nSPS) is 24.5. The molecule has 0 radical (unpaired) electrons. The number of piperidine rings is 1. The molecule has 2 heterocycles. The first kappa shape index (κ1) is 26.0. The largest absolute Gasteiger partial charge is 0.416 e. The topological polar surface area (TPSA) is 58.6 Å². The summed E-state index contributed by atoms with van der Waals surface area (Å²) in [5, 5.41) is 2.87. The minimum absolute atomic E-state index is 0.0739. The fraction of sp³-hybridized carbons (Fsp3) is 0.440. The van der Waals surface area contributed by atoms with Gasteiger partial charge in [-0.1, -0.05) is 25.1 Å². The zero-order valence-electron chi connectivity index (χ0n) is 19.2. The van der Waals surface area contributed by atoms with Gasteiger partial charge < -0.3 is 15.0 Å². The van der Waals surface area contributed by atoms with E-state index in [1.807, 2.05) is 6.92 Å². The van der Waals surface area contributed by atoms with Crippen molar-refractivity contribution in [3.63, 3.8) is 0 Å². The van der Waals surface area contributed by atoms with E-state index in [4.69, 9.17) is 4.74 Å². The molecule has 194 valence electrons. The number of fused-ring (bicyclic) bond motifs is 1. The molecule has 2 aliphatic heterocycles. The Balaban J connectivity index is 1.43. The lowest BCUT2D eigenvalue weighted by molar-refractivity contribution is -0.143. The predicted octanol–water partition coefficient (Wildman–Crippen LogP) is 5.05. The van der Waals surface area contributed by atoms with Crippen LogP contribution in [0.5, 0.6) is 0 Å². The average molecular weight is 514 g/mol. The summed E-state index contributed by atoms with van der Waals surface area (Å²) < 4.78 is 84.6. The highest BCUT2D eigenvalue weighted by molar-refractivity contribution is 5.94. The van der Waals surface area contributed by atoms with Crippen molar-refractivity contribution in [2.45, 2.75) is 56.9 Å². The molecule has 2 aromatic carbocycles. The van der Waals surface area contributed by atoms with E-state index >= 15 is 0 Å². The van der Waals surface area contributed by atoms with Crippen LogP contribution in [0, 0.1) is 5.92 Å². The molecule has 0 aromatic heterocycles. The maximum absolute atomic E-state index is 13.1. The molecule has 5 nitrogen and oxygen atoms in total. The van der Waals surface area contributed by atoms with Crippen LogP contribution in [0.3, 0.4) is 0 Å². The standard InChI is InChI=1S/C25H24F6N2O3/c1-14-20-10-19(32-23(35)16-5-3-2-4-6-16)11-22(34)33(20)12-21(14)36-13-15-7-17(24(26,27)28)9-18(8-15)25(29,30)31/h2-9,14,19-21H,10-13H2,1H3,(H,32,35). The first-order valence-corrected chi connectivity index (χ1v) is 11.4. The van der Waals surface area contributed by atoms with Gasteiger partial charge in [0.25, 0.3) is 5.91 Å². The van der Waals surface area contributed by atoms with Crippen LogP contribution in [-0.2, 0) is 28.5 Å². The summed E-state index contributed by atoms with van der Waals surface area (Å²) in [6.45, 7) is 1.53. The highest BCUT2D eigenvalue weighted by Gasteiger charge is 2.46. The fourth-order valence-electron chi connectivity index (χ4n) is 4.84. The Morgan fingerprint density at radius 2 is 1.64 bits per heavy atom. The van der Waals surface area contributed by atoms with Crippen LogP contribution < -0.4 is 5.32 Å². The van der Waals surface area contributed by atoms with Gasteiger partial charge in [-0.3, -0.25) is 9.59 Å². The molecule has 4 atom stereocenters. The Morgan fingerprint density at radius 1 is 1.03 bits per heavy atom. The first-order chi connectivity index (χ1) is 16.8. The summed E-state index contributed by atoms with van der Waals surface area (Å²) in [6.07, 6.45) is -9.90. The second-order valence-corrected chi connectivity index (χ2v) is 9.21. The van der Waals surface area contributed by atoms with E-state index in [0.717, 1.165) is 0 Å². The molecule has 36 heavy (non-hydrogen) atoms.